The fraction of sp³-hybridized carbons (Fsp3) is 0.649. The topological polar surface area (TPSA) is 35.5 Å². The summed E-state index contributed by atoms with van der Waals surface area (Å²) in [5.74, 6) is 2.94. The largest absolute Gasteiger partial charge is 0.494 e. The molecule has 1 aliphatic carbocycles. The molecule has 0 heterocycles. The number of benzene rings is 2. The van der Waals surface area contributed by atoms with Crippen molar-refractivity contribution in [3.05, 3.63) is 59.7 Å². The summed E-state index contributed by atoms with van der Waals surface area (Å²) in [6.07, 6.45) is 25.4. The quantitative estimate of drug-likeness (QED) is 0.0937. The van der Waals surface area contributed by atoms with Gasteiger partial charge in [0.15, 0.2) is 0 Å². The third kappa shape index (κ3) is 12.9. The van der Waals surface area contributed by atoms with Crippen LogP contribution < -0.4 is 9.47 Å². The Kier molecular flexibility index (Phi) is 15.9. The van der Waals surface area contributed by atoms with Gasteiger partial charge in [0.05, 0.1) is 12.2 Å². The molecule has 3 heteroatoms. The Balaban J connectivity index is 1.28. The molecule has 0 bridgehead atoms. The summed E-state index contributed by atoms with van der Waals surface area (Å²) in [6.45, 7) is 5.28. The van der Waals surface area contributed by atoms with Gasteiger partial charge in [-0.2, -0.15) is 0 Å². The number of hydrogen-bond acceptors (Lipinski definition) is 3. The van der Waals surface area contributed by atoms with Gasteiger partial charge in [0.2, 0.25) is 0 Å². The molecule has 0 aliphatic heterocycles. The lowest BCUT2D eigenvalue weighted by atomic mass is 9.78. The molecule has 0 saturated heterocycles. The average molecular weight is 549 g/mol. The number of aryl methyl sites for hydroxylation is 1. The van der Waals surface area contributed by atoms with Crippen LogP contribution in [0.5, 0.6) is 11.5 Å². The molecule has 0 aromatic heterocycles. The molecule has 222 valence electrons. The molecule has 1 saturated carbocycles. The lowest BCUT2D eigenvalue weighted by Crippen LogP contribution is -2.15. The van der Waals surface area contributed by atoms with Crippen LogP contribution in [0.1, 0.15) is 145 Å². The SMILES string of the molecule is CCCCCCCCCCCOc1ccc(C(=O)Oc2ccc(CCC3CCC(CCCCC)CC3)cc2)cc1. The summed E-state index contributed by atoms with van der Waals surface area (Å²) in [5.41, 5.74) is 1.88. The van der Waals surface area contributed by atoms with Crippen molar-refractivity contribution in [1.29, 1.82) is 0 Å². The minimum absolute atomic E-state index is 0.325. The number of unbranched alkanes of at least 4 members (excludes halogenated alkanes) is 10. The van der Waals surface area contributed by atoms with Gasteiger partial charge in [-0.05, 0) is 73.1 Å². The highest BCUT2D eigenvalue weighted by Gasteiger charge is 2.20. The monoisotopic (exact) mass is 548 g/mol. The van der Waals surface area contributed by atoms with Crippen LogP contribution in [0.2, 0.25) is 0 Å². The maximum absolute atomic E-state index is 12.6. The Morgan fingerprint density at radius 1 is 0.625 bits per heavy atom. The van der Waals surface area contributed by atoms with E-state index in [-0.39, 0.29) is 5.97 Å². The number of ether oxygens (including phenoxy) is 2. The van der Waals surface area contributed by atoms with Crippen LogP contribution in [0.4, 0.5) is 0 Å². The average Bonchev–Trinajstić information content (AvgIpc) is 2.99. The molecule has 1 fully saturated rings. The molecular formula is C37H56O3. The van der Waals surface area contributed by atoms with E-state index in [9.17, 15) is 4.79 Å². The van der Waals surface area contributed by atoms with Crippen LogP contribution >= 0.6 is 0 Å². The maximum Gasteiger partial charge on any atom is 0.343 e. The first-order chi connectivity index (χ1) is 19.7. The first-order valence-corrected chi connectivity index (χ1v) is 16.7. The summed E-state index contributed by atoms with van der Waals surface area (Å²) in [7, 11) is 0. The highest BCUT2D eigenvalue weighted by atomic mass is 16.5. The van der Waals surface area contributed by atoms with E-state index in [2.05, 4.69) is 26.0 Å². The van der Waals surface area contributed by atoms with E-state index < -0.39 is 0 Å². The van der Waals surface area contributed by atoms with Crippen molar-refractivity contribution in [2.45, 2.75) is 136 Å². The van der Waals surface area contributed by atoms with E-state index in [4.69, 9.17) is 9.47 Å². The fourth-order valence-electron chi connectivity index (χ4n) is 6.04. The van der Waals surface area contributed by atoms with E-state index in [1.165, 1.54) is 115 Å². The Labute approximate surface area is 245 Å². The predicted octanol–water partition coefficient (Wildman–Crippen LogP) is 11.1. The van der Waals surface area contributed by atoms with Gasteiger partial charge in [-0.15, -0.1) is 0 Å². The highest BCUT2D eigenvalue weighted by molar-refractivity contribution is 5.91. The number of carbonyl (C=O) groups is 1. The minimum Gasteiger partial charge on any atom is -0.494 e. The molecule has 0 spiro atoms. The predicted molar refractivity (Wildman–Crippen MR) is 168 cm³/mol. The van der Waals surface area contributed by atoms with Crippen LogP contribution in [0, 0.1) is 11.8 Å². The molecule has 3 rings (SSSR count). The van der Waals surface area contributed by atoms with Crippen molar-refractivity contribution >= 4 is 5.97 Å². The normalized spacial score (nSPS) is 17.1. The third-order valence-corrected chi connectivity index (χ3v) is 8.76. The van der Waals surface area contributed by atoms with E-state index in [0.29, 0.717) is 11.3 Å². The first-order valence-electron chi connectivity index (χ1n) is 16.7. The second-order valence-corrected chi connectivity index (χ2v) is 12.2. The van der Waals surface area contributed by atoms with Gasteiger partial charge < -0.3 is 9.47 Å². The molecule has 0 unspecified atom stereocenters. The Bertz CT molecular complexity index is 909. The smallest absolute Gasteiger partial charge is 0.343 e. The summed E-state index contributed by atoms with van der Waals surface area (Å²) in [6, 6.07) is 15.4. The second kappa shape index (κ2) is 19.7. The van der Waals surface area contributed by atoms with Crippen molar-refractivity contribution in [3.63, 3.8) is 0 Å². The van der Waals surface area contributed by atoms with Crippen LogP contribution in [0.15, 0.2) is 48.5 Å². The standard InChI is InChI=1S/C37H56O3/c1-3-5-7-8-9-10-11-12-14-30-39-35-28-24-34(25-29-35)37(38)40-36-26-22-33(23-27-36)21-20-32-18-16-31(17-19-32)15-13-6-4-2/h22-29,31-32H,3-21,30H2,1-2H3. The fourth-order valence-corrected chi connectivity index (χ4v) is 6.04. The van der Waals surface area contributed by atoms with Crippen LogP contribution in [-0.4, -0.2) is 12.6 Å². The van der Waals surface area contributed by atoms with Crippen molar-refractivity contribution in [2.75, 3.05) is 6.61 Å². The van der Waals surface area contributed by atoms with E-state index in [1.807, 2.05) is 24.3 Å². The summed E-state index contributed by atoms with van der Waals surface area (Å²) >= 11 is 0. The maximum atomic E-state index is 12.6. The zero-order chi connectivity index (χ0) is 28.3. The van der Waals surface area contributed by atoms with Gasteiger partial charge >= 0.3 is 5.97 Å². The lowest BCUT2D eigenvalue weighted by molar-refractivity contribution is 0.0734. The van der Waals surface area contributed by atoms with Crippen LogP contribution in [0.25, 0.3) is 0 Å². The molecule has 2 aromatic rings. The second-order valence-electron chi connectivity index (χ2n) is 12.2. The van der Waals surface area contributed by atoms with E-state index in [0.717, 1.165) is 37.0 Å². The molecule has 0 radical (unpaired) electrons. The first kappa shape index (κ1) is 32.2. The van der Waals surface area contributed by atoms with E-state index >= 15 is 0 Å². The van der Waals surface area contributed by atoms with Crippen molar-refractivity contribution in [2.24, 2.45) is 11.8 Å². The molecular weight excluding hydrogens is 492 g/mol. The van der Waals surface area contributed by atoms with Gasteiger partial charge in [-0.3, -0.25) is 0 Å². The number of rotatable bonds is 20. The number of carbonyl (C=O) groups excluding carboxylic acids is 1. The zero-order valence-electron chi connectivity index (χ0n) is 25.6. The van der Waals surface area contributed by atoms with Crippen LogP contribution in [-0.2, 0) is 6.42 Å². The number of esters is 1. The minimum atomic E-state index is -0.325. The Morgan fingerprint density at radius 3 is 1.77 bits per heavy atom. The molecule has 1 aliphatic rings. The summed E-state index contributed by atoms with van der Waals surface area (Å²) < 4.78 is 11.5. The van der Waals surface area contributed by atoms with Crippen molar-refractivity contribution in [1.82, 2.24) is 0 Å². The number of hydrogen-bond donors (Lipinski definition) is 0. The molecule has 2 aromatic carbocycles. The molecule has 0 amide bonds. The third-order valence-electron chi connectivity index (χ3n) is 8.76. The van der Waals surface area contributed by atoms with Crippen LogP contribution in [0.3, 0.4) is 0 Å². The van der Waals surface area contributed by atoms with Gasteiger partial charge in [0.25, 0.3) is 0 Å². The lowest BCUT2D eigenvalue weighted by Gasteiger charge is -2.28. The Morgan fingerprint density at radius 2 is 1.15 bits per heavy atom. The van der Waals surface area contributed by atoms with Gasteiger partial charge in [-0.25, -0.2) is 4.79 Å². The van der Waals surface area contributed by atoms with Crippen molar-refractivity contribution < 1.29 is 14.3 Å². The van der Waals surface area contributed by atoms with Gasteiger partial charge in [0.1, 0.15) is 11.5 Å². The van der Waals surface area contributed by atoms with E-state index in [1.54, 1.807) is 12.1 Å². The Hall–Kier alpha value is -2.29. The van der Waals surface area contributed by atoms with Gasteiger partial charge in [0, 0.05) is 0 Å². The molecule has 40 heavy (non-hydrogen) atoms. The highest BCUT2D eigenvalue weighted by Crippen LogP contribution is 2.34. The molecule has 3 nitrogen and oxygen atoms in total. The molecule has 0 atom stereocenters. The zero-order valence-corrected chi connectivity index (χ0v) is 25.6. The summed E-state index contributed by atoms with van der Waals surface area (Å²) in [4.78, 5) is 12.6. The van der Waals surface area contributed by atoms with Crippen molar-refractivity contribution in [3.8, 4) is 11.5 Å². The summed E-state index contributed by atoms with van der Waals surface area (Å²) in [5, 5.41) is 0. The molecule has 0 N–H and O–H groups in total. The van der Waals surface area contributed by atoms with Gasteiger partial charge in [-0.1, -0.05) is 129 Å².